The van der Waals surface area contributed by atoms with Gasteiger partial charge in [0.15, 0.2) is 0 Å². The van der Waals surface area contributed by atoms with E-state index < -0.39 is 11.9 Å². The molecule has 3 heterocycles. The van der Waals surface area contributed by atoms with Crippen LogP contribution in [0.15, 0.2) is 103 Å². The third-order valence-corrected chi connectivity index (χ3v) is 8.99. The summed E-state index contributed by atoms with van der Waals surface area (Å²) < 4.78 is 43.2. The van der Waals surface area contributed by atoms with E-state index in [-0.39, 0.29) is 48.9 Å². The second kappa shape index (κ2) is 13.1. The summed E-state index contributed by atoms with van der Waals surface area (Å²) in [6.07, 6.45) is -2.90. The molecule has 0 amide bonds. The normalized spacial score (nSPS) is 12.3. The van der Waals surface area contributed by atoms with Gasteiger partial charge in [-0.15, -0.1) is 29.8 Å². The summed E-state index contributed by atoms with van der Waals surface area (Å²) in [5, 5.41) is 11.8. The van der Waals surface area contributed by atoms with E-state index in [9.17, 15) is 18.3 Å². The molecule has 0 aliphatic rings. The number of fused-ring (bicyclic) bond motifs is 2. The summed E-state index contributed by atoms with van der Waals surface area (Å²) in [4.78, 5) is 13.7. The van der Waals surface area contributed by atoms with Crippen molar-refractivity contribution in [2.45, 2.75) is 58.5 Å². The summed E-state index contributed by atoms with van der Waals surface area (Å²) in [6.45, 7) is 13.0. The summed E-state index contributed by atoms with van der Waals surface area (Å²) in [7, 11) is 0. The van der Waals surface area contributed by atoms with E-state index in [4.69, 9.17) is 9.97 Å². The molecule has 0 aliphatic heterocycles. The van der Waals surface area contributed by atoms with Crippen LogP contribution in [0, 0.1) is 6.07 Å². The van der Waals surface area contributed by atoms with Gasteiger partial charge in [-0.1, -0.05) is 95.1 Å². The molecule has 0 aliphatic carbocycles. The van der Waals surface area contributed by atoms with Gasteiger partial charge in [-0.2, -0.15) is 13.2 Å². The van der Waals surface area contributed by atoms with Gasteiger partial charge in [-0.3, -0.25) is 9.97 Å². The molecule has 7 aromatic rings. The maximum absolute atomic E-state index is 13.7. The number of hydrogen-bond acceptors (Lipinski definition) is 4. The van der Waals surface area contributed by atoms with Gasteiger partial charge in [0.05, 0.1) is 16.9 Å². The molecule has 9 heteroatoms. The SMILES string of the molecule is CC(C)(C)c1ccc(-n2c(-c3[c-]c(-c4cc(C(C)(C)C)cc5cccnc45)ccc3)nc3c(-c4nc(C(F)(F)F)ccc4O)cccc32)cc1.[Pt]. The number of aromatic hydroxyl groups is 1. The molecule has 0 spiro atoms. The minimum absolute atomic E-state index is 0. The number of benzene rings is 4. The number of hydrogen-bond donors (Lipinski definition) is 1. The Morgan fingerprint density at radius 1 is 0.667 bits per heavy atom. The third kappa shape index (κ3) is 6.82. The molecule has 262 valence electrons. The Balaban J connectivity index is 0.00000448. The molecule has 0 bridgehead atoms. The molecule has 1 N–H and O–H groups in total. The predicted octanol–water partition coefficient (Wildman–Crippen LogP) is 11.1. The zero-order valence-electron chi connectivity index (χ0n) is 29.0. The quantitative estimate of drug-likeness (QED) is 0.179. The van der Waals surface area contributed by atoms with E-state index in [0.29, 0.717) is 22.4 Å². The molecule has 4 aromatic carbocycles. The largest absolute Gasteiger partial charge is 0.506 e. The van der Waals surface area contributed by atoms with Crippen LogP contribution in [-0.4, -0.2) is 24.6 Å². The van der Waals surface area contributed by atoms with Crippen LogP contribution in [0.5, 0.6) is 5.75 Å². The Morgan fingerprint density at radius 3 is 2.04 bits per heavy atom. The molecule has 0 unspecified atom stereocenters. The minimum Gasteiger partial charge on any atom is -0.506 e. The fraction of sp³-hybridized carbons (Fsp3) is 0.214. The molecule has 0 atom stereocenters. The van der Waals surface area contributed by atoms with Crippen LogP contribution in [-0.2, 0) is 38.1 Å². The van der Waals surface area contributed by atoms with E-state index in [0.717, 1.165) is 51.0 Å². The van der Waals surface area contributed by atoms with E-state index in [1.54, 1.807) is 18.3 Å². The Kier molecular flexibility index (Phi) is 9.22. The maximum atomic E-state index is 13.7. The summed E-state index contributed by atoms with van der Waals surface area (Å²) in [6, 6.07) is 33.0. The smallest absolute Gasteiger partial charge is 0.433 e. The minimum atomic E-state index is -4.69. The first-order valence-corrected chi connectivity index (χ1v) is 16.4. The molecule has 51 heavy (non-hydrogen) atoms. The average Bonchev–Trinajstić information content (AvgIpc) is 3.47. The fourth-order valence-corrected chi connectivity index (χ4v) is 6.24. The zero-order valence-corrected chi connectivity index (χ0v) is 31.3. The third-order valence-electron chi connectivity index (χ3n) is 8.99. The Hall–Kier alpha value is -4.81. The van der Waals surface area contributed by atoms with Gasteiger partial charge in [-0.05, 0) is 63.7 Å². The number of pyridine rings is 2. The molecular formula is C42H36F3N4OPt-. The fourth-order valence-electron chi connectivity index (χ4n) is 6.24. The number of aromatic nitrogens is 4. The zero-order chi connectivity index (χ0) is 35.6. The van der Waals surface area contributed by atoms with Gasteiger partial charge in [0.2, 0.25) is 0 Å². The molecule has 0 saturated carbocycles. The van der Waals surface area contributed by atoms with Crippen LogP contribution in [0.2, 0.25) is 0 Å². The van der Waals surface area contributed by atoms with E-state index in [2.05, 4.69) is 82.9 Å². The number of para-hydroxylation sites is 1. The molecule has 7 rings (SSSR count). The standard InChI is InChI=1S/C42H36F3N4O.Pt/c1-40(2,3)28-15-17-30(18-16-28)49-33-14-8-13-31(38-34(50)19-20-35(47-38)42(43,44)45)37(33)48-39(49)27-11-7-10-25(22-27)32-24-29(41(4,5)6)23-26-12-9-21-46-36(26)32;/h7-21,23-24,50H,1-6H3;/q-1;. The van der Waals surface area contributed by atoms with Gasteiger partial charge in [-0.25, -0.2) is 4.98 Å². The first-order valence-electron chi connectivity index (χ1n) is 16.4. The van der Waals surface area contributed by atoms with Gasteiger partial charge in [0.25, 0.3) is 0 Å². The Labute approximate surface area is 309 Å². The van der Waals surface area contributed by atoms with Crippen LogP contribution in [0.25, 0.3) is 61.4 Å². The second-order valence-corrected chi connectivity index (χ2v) is 14.6. The van der Waals surface area contributed by atoms with Crippen molar-refractivity contribution in [1.29, 1.82) is 0 Å². The van der Waals surface area contributed by atoms with Crippen molar-refractivity contribution in [3.05, 3.63) is 126 Å². The average molecular weight is 865 g/mol. The van der Waals surface area contributed by atoms with Gasteiger partial charge in [0, 0.05) is 44.0 Å². The summed E-state index contributed by atoms with van der Waals surface area (Å²) >= 11 is 0. The van der Waals surface area contributed by atoms with Gasteiger partial charge < -0.3 is 9.67 Å². The number of nitrogens with zero attached hydrogens (tertiary/aromatic N) is 4. The van der Waals surface area contributed by atoms with Crippen molar-refractivity contribution >= 4 is 21.9 Å². The van der Waals surface area contributed by atoms with Crippen LogP contribution in [0.1, 0.15) is 58.4 Å². The van der Waals surface area contributed by atoms with Crippen molar-refractivity contribution in [1.82, 2.24) is 19.5 Å². The van der Waals surface area contributed by atoms with E-state index in [1.165, 1.54) is 0 Å². The first kappa shape index (κ1) is 36.0. The van der Waals surface area contributed by atoms with Gasteiger partial charge in [0.1, 0.15) is 17.1 Å². The van der Waals surface area contributed by atoms with Crippen LogP contribution < -0.4 is 0 Å². The number of halogens is 3. The molecule has 0 radical (unpaired) electrons. The van der Waals surface area contributed by atoms with Gasteiger partial charge >= 0.3 is 6.18 Å². The topological polar surface area (TPSA) is 63.8 Å². The maximum Gasteiger partial charge on any atom is 0.433 e. The first-order chi connectivity index (χ1) is 23.6. The predicted molar refractivity (Wildman–Crippen MR) is 193 cm³/mol. The number of rotatable bonds is 4. The second-order valence-electron chi connectivity index (χ2n) is 14.6. The van der Waals surface area contributed by atoms with E-state index in [1.807, 2.05) is 47.0 Å². The summed E-state index contributed by atoms with van der Waals surface area (Å²) in [5.74, 6) is 0.163. The van der Waals surface area contributed by atoms with E-state index >= 15 is 0 Å². The molecule has 3 aromatic heterocycles. The Bertz CT molecular complexity index is 2400. The van der Waals surface area contributed by atoms with Crippen molar-refractivity contribution in [2.24, 2.45) is 0 Å². The molecule has 0 saturated heterocycles. The summed E-state index contributed by atoms with van der Waals surface area (Å²) in [5.41, 5.74) is 6.27. The Morgan fingerprint density at radius 2 is 1.35 bits per heavy atom. The van der Waals surface area contributed by atoms with Crippen molar-refractivity contribution in [3.8, 4) is 45.2 Å². The van der Waals surface area contributed by atoms with Crippen molar-refractivity contribution in [3.63, 3.8) is 0 Å². The molecule has 5 nitrogen and oxygen atoms in total. The van der Waals surface area contributed by atoms with Crippen LogP contribution in [0.4, 0.5) is 13.2 Å². The monoisotopic (exact) mass is 864 g/mol. The van der Waals surface area contributed by atoms with Crippen molar-refractivity contribution in [2.75, 3.05) is 0 Å². The number of alkyl halides is 3. The van der Waals surface area contributed by atoms with Crippen LogP contribution >= 0.6 is 0 Å². The van der Waals surface area contributed by atoms with Crippen LogP contribution in [0.3, 0.4) is 0 Å². The van der Waals surface area contributed by atoms with Crippen molar-refractivity contribution < 1.29 is 39.3 Å². The molecule has 0 fully saturated rings. The number of imidazole rings is 1. The molecular weight excluding hydrogens is 829 g/mol.